The lowest BCUT2D eigenvalue weighted by molar-refractivity contribution is -0.131. The van der Waals surface area contributed by atoms with E-state index < -0.39 is 5.97 Å². The second-order valence-electron chi connectivity index (χ2n) is 6.16. The molecule has 6 nitrogen and oxygen atoms in total. The van der Waals surface area contributed by atoms with Gasteiger partial charge in [-0.3, -0.25) is 9.48 Å². The molecule has 0 fully saturated rings. The average molecular weight is 341 g/mol. The van der Waals surface area contributed by atoms with Crippen LogP contribution in [0, 0.1) is 19.8 Å². The van der Waals surface area contributed by atoms with E-state index in [1.54, 1.807) is 24.3 Å². The van der Waals surface area contributed by atoms with Gasteiger partial charge in [0.2, 0.25) is 5.91 Å². The SMILES string of the molecule is Cc1nn(C)c(C)c1C[C@H](C)C(=O)Nc1ccc(/C=C/C(=O)O)cc1. The van der Waals surface area contributed by atoms with Crippen molar-refractivity contribution in [1.29, 1.82) is 0 Å². The summed E-state index contributed by atoms with van der Waals surface area (Å²) in [6.07, 6.45) is 3.22. The molecule has 0 saturated heterocycles. The van der Waals surface area contributed by atoms with Crippen LogP contribution in [0.5, 0.6) is 0 Å². The van der Waals surface area contributed by atoms with Crippen LogP contribution in [0.2, 0.25) is 0 Å². The minimum atomic E-state index is -0.993. The van der Waals surface area contributed by atoms with Gasteiger partial charge in [0.1, 0.15) is 0 Å². The van der Waals surface area contributed by atoms with E-state index in [0.29, 0.717) is 12.1 Å². The van der Waals surface area contributed by atoms with E-state index in [4.69, 9.17) is 5.11 Å². The second kappa shape index (κ2) is 7.79. The lowest BCUT2D eigenvalue weighted by Crippen LogP contribution is -2.22. The number of benzene rings is 1. The third-order valence-electron chi connectivity index (χ3n) is 4.21. The van der Waals surface area contributed by atoms with Crippen LogP contribution in [0.15, 0.2) is 30.3 Å². The van der Waals surface area contributed by atoms with Gasteiger partial charge in [-0.05, 0) is 49.6 Å². The molecule has 0 unspecified atom stereocenters. The number of nitrogens with zero attached hydrogens (tertiary/aromatic N) is 2. The van der Waals surface area contributed by atoms with Crippen molar-refractivity contribution in [2.45, 2.75) is 27.2 Å². The Bertz CT molecular complexity index is 804. The molecule has 1 aromatic heterocycles. The first-order valence-corrected chi connectivity index (χ1v) is 8.09. The number of anilines is 1. The van der Waals surface area contributed by atoms with Gasteiger partial charge in [-0.25, -0.2) is 4.79 Å². The molecule has 1 atom stereocenters. The van der Waals surface area contributed by atoms with Gasteiger partial charge in [-0.1, -0.05) is 19.1 Å². The number of carbonyl (C=O) groups is 2. The Morgan fingerprint density at radius 3 is 2.44 bits per heavy atom. The van der Waals surface area contributed by atoms with E-state index in [1.165, 1.54) is 6.08 Å². The fraction of sp³-hybridized carbons (Fsp3) is 0.316. The molecule has 0 aliphatic heterocycles. The zero-order valence-electron chi connectivity index (χ0n) is 14.9. The molecule has 2 aromatic rings. The molecule has 0 saturated carbocycles. The first-order valence-electron chi connectivity index (χ1n) is 8.09. The number of carboxylic acids is 1. The molecule has 0 radical (unpaired) electrons. The molecule has 1 aromatic carbocycles. The van der Waals surface area contributed by atoms with Gasteiger partial charge >= 0.3 is 5.97 Å². The van der Waals surface area contributed by atoms with Crippen LogP contribution in [0.4, 0.5) is 5.69 Å². The second-order valence-corrected chi connectivity index (χ2v) is 6.16. The summed E-state index contributed by atoms with van der Waals surface area (Å²) >= 11 is 0. The fourth-order valence-electron chi connectivity index (χ4n) is 2.62. The number of carboxylic acid groups (broad SMARTS) is 1. The molecule has 132 valence electrons. The molecule has 0 aliphatic rings. The molecule has 2 rings (SSSR count). The number of aryl methyl sites for hydroxylation is 2. The number of aromatic nitrogens is 2. The molecule has 0 bridgehead atoms. The molecule has 25 heavy (non-hydrogen) atoms. The number of rotatable bonds is 6. The van der Waals surface area contributed by atoms with Gasteiger partial charge < -0.3 is 10.4 Å². The number of hydrogen-bond donors (Lipinski definition) is 2. The zero-order valence-corrected chi connectivity index (χ0v) is 14.9. The van der Waals surface area contributed by atoms with Crippen molar-refractivity contribution in [3.63, 3.8) is 0 Å². The van der Waals surface area contributed by atoms with Gasteiger partial charge in [-0.2, -0.15) is 5.10 Å². The zero-order chi connectivity index (χ0) is 18.6. The highest BCUT2D eigenvalue weighted by molar-refractivity contribution is 5.92. The van der Waals surface area contributed by atoms with Crippen molar-refractivity contribution in [3.8, 4) is 0 Å². The van der Waals surface area contributed by atoms with Crippen molar-refractivity contribution in [2.24, 2.45) is 13.0 Å². The normalized spacial score (nSPS) is 12.3. The highest BCUT2D eigenvalue weighted by Crippen LogP contribution is 2.18. The minimum absolute atomic E-state index is 0.0588. The van der Waals surface area contributed by atoms with Crippen LogP contribution in [-0.2, 0) is 23.1 Å². The van der Waals surface area contributed by atoms with Crippen LogP contribution in [0.3, 0.4) is 0 Å². The number of aliphatic carboxylic acids is 1. The quantitative estimate of drug-likeness (QED) is 0.791. The predicted molar refractivity (Wildman–Crippen MR) is 97.3 cm³/mol. The van der Waals surface area contributed by atoms with Gasteiger partial charge in [0, 0.05) is 30.4 Å². The van der Waals surface area contributed by atoms with Crippen LogP contribution in [-0.4, -0.2) is 26.8 Å². The molecule has 0 aliphatic carbocycles. The van der Waals surface area contributed by atoms with Crippen LogP contribution in [0.25, 0.3) is 6.08 Å². The molecule has 6 heteroatoms. The largest absolute Gasteiger partial charge is 0.478 e. The van der Waals surface area contributed by atoms with Gasteiger partial charge in [0.25, 0.3) is 0 Å². The Morgan fingerprint density at radius 1 is 1.28 bits per heavy atom. The predicted octanol–water partition coefficient (Wildman–Crippen LogP) is 2.95. The maximum absolute atomic E-state index is 12.4. The average Bonchev–Trinajstić information content (AvgIpc) is 2.80. The van der Waals surface area contributed by atoms with Crippen molar-refractivity contribution < 1.29 is 14.7 Å². The first-order chi connectivity index (χ1) is 11.8. The summed E-state index contributed by atoms with van der Waals surface area (Å²) in [5.41, 5.74) is 4.58. The summed E-state index contributed by atoms with van der Waals surface area (Å²) in [5, 5.41) is 15.9. The molecule has 1 heterocycles. The van der Waals surface area contributed by atoms with Gasteiger partial charge in [0.15, 0.2) is 0 Å². The highest BCUT2D eigenvalue weighted by atomic mass is 16.4. The van der Waals surface area contributed by atoms with Crippen LogP contribution < -0.4 is 5.32 Å². The minimum Gasteiger partial charge on any atom is -0.478 e. The number of hydrogen-bond acceptors (Lipinski definition) is 3. The fourth-order valence-corrected chi connectivity index (χ4v) is 2.62. The van der Waals surface area contributed by atoms with Gasteiger partial charge in [-0.15, -0.1) is 0 Å². The van der Waals surface area contributed by atoms with E-state index in [0.717, 1.165) is 28.6 Å². The Hall–Kier alpha value is -2.89. The third-order valence-corrected chi connectivity index (χ3v) is 4.21. The van der Waals surface area contributed by atoms with Crippen LogP contribution >= 0.6 is 0 Å². The number of amides is 1. The van der Waals surface area contributed by atoms with Crippen molar-refractivity contribution >= 4 is 23.6 Å². The maximum atomic E-state index is 12.4. The van der Waals surface area contributed by atoms with Crippen molar-refractivity contribution in [1.82, 2.24) is 9.78 Å². The van der Waals surface area contributed by atoms with E-state index in [1.807, 2.05) is 32.5 Å². The Kier molecular flexibility index (Phi) is 5.75. The molecular weight excluding hydrogens is 318 g/mol. The number of nitrogens with one attached hydrogen (secondary N) is 1. The molecule has 1 amide bonds. The standard InChI is InChI=1S/C19H23N3O3/c1-12(11-17-13(2)21-22(4)14(17)3)19(25)20-16-8-5-15(6-9-16)7-10-18(23)24/h5-10,12H,11H2,1-4H3,(H,20,25)(H,23,24)/b10-7+/t12-/m0/s1. The van der Waals surface area contributed by atoms with E-state index in [-0.39, 0.29) is 11.8 Å². The van der Waals surface area contributed by atoms with E-state index >= 15 is 0 Å². The summed E-state index contributed by atoms with van der Waals surface area (Å²) in [6.45, 7) is 5.85. The topological polar surface area (TPSA) is 84.2 Å². The Morgan fingerprint density at radius 2 is 1.92 bits per heavy atom. The highest BCUT2D eigenvalue weighted by Gasteiger charge is 2.18. The Balaban J connectivity index is 2.00. The monoisotopic (exact) mass is 341 g/mol. The summed E-state index contributed by atoms with van der Waals surface area (Å²) < 4.78 is 1.83. The molecule has 2 N–H and O–H groups in total. The van der Waals surface area contributed by atoms with Crippen molar-refractivity contribution in [3.05, 3.63) is 52.9 Å². The summed E-state index contributed by atoms with van der Waals surface area (Å²) in [4.78, 5) is 22.9. The maximum Gasteiger partial charge on any atom is 0.328 e. The summed E-state index contributed by atoms with van der Waals surface area (Å²) in [5.74, 6) is -1.24. The third kappa shape index (κ3) is 4.79. The number of carbonyl (C=O) groups excluding carboxylic acids is 1. The molecule has 0 spiro atoms. The van der Waals surface area contributed by atoms with Crippen LogP contribution in [0.1, 0.15) is 29.4 Å². The van der Waals surface area contributed by atoms with Gasteiger partial charge in [0.05, 0.1) is 5.69 Å². The van der Waals surface area contributed by atoms with E-state index in [9.17, 15) is 9.59 Å². The molecular formula is C19H23N3O3. The van der Waals surface area contributed by atoms with Crippen molar-refractivity contribution in [2.75, 3.05) is 5.32 Å². The Labute approximate surface area is 147 Å². The summed E-state index contributed by atoms with van der Waals surface area (Å²) in [6, 6.07) is 7.03. The summed E-state index contributed by atoms with van der Waals surface area (Å²) in [7, 11) is 1.90. The first kappa shape index (κ1) is 18.4. The van der Waals surface area contributed by atoms with E-state index in [2.05, 4.69) is 10.4 Å². The smallest absolute Gasteiger partial charge is 0.328 e. The lowest BCUT2D eigenvalue weighted by Gasteiger charge is -2.13. The lowest BCUT2D eigenvalue weighted by atomic mass is 9.98.